The average molecular weight is 397 g/mol. The molecule has 136 valence electrons. The van der Waals surface area contributed by atoms with Crippen molar-refractivity contribution < 1.29 is 9.47 Å². The van der Waals surface area contributed by atoms with E-state index in [1.165, 1.54) is 0 Å². The summed E-state index contributed by atoms with van der Waals surface area (Å²) in [5.74, 6) is 1.50. The molecule has 0 amide bonds. The van der Waals surface area contributed by atoms with Crippen molar-refractivity contribution in [2.75, 3.05) is 11.6 Å². The van der Waals surface area contributed by atoms with Gasteiger partial charge in [-0.25, -0.2) is 9.50 Å². The minimum Gasteiger partial charge on any atom is -0.489 e. The lowest BCUT2D eigenvalue weighted by Gasteiger charge is -2.08. The number of benzene rings is 1. The van der Waals surface area contributed by atoms with Gasteiger partial charge in [-0.05, 0) is 24.5 Å². The standard InChI is InChI=1S/C18H15N5O2S2/c1-26-18-22-23-9-14(21-17(23)27-18)16-20-13-5-4-12(7-15(13)25-16)24-10-11-3-2-6-19-8-11/h2-9,16,20H,10H2,1H3. The van der Waals surface area contributed by atoms with Crippen LogP contribution in [0.1, 0.15) is 17.5 Å². The Morgan fingerprint density at radius 3 is 3.15 bits per heavy atom. The molecule has 7 nitrogen and oxygen atoms in total. The van der Waals surface area contributed by atoms with Crippen molar-refractivity contribution in [1.82, 2.24) is 19.6 Å². The van der Waals surface area contributed by atoms with Gasteiger partial charge in [0.1, 0.15) is 23.8 Å². The van der Waals surface area contributed by atoms with E-state index in [0.717, 1.165) is 37.7 Å². The van der Waals surface area contributed by atoms with Crippen molar-refractivity contribution in [2.24, 2.45) is 0 Å². The quantitative estimate of drug-likeness (QED) is 0.511. The van der Waals surface area contributed by atoms with E-state index in [4.69, 9.17) is 9.47 Å². The molecule has 4 heterocycles. The number of hydrogen-bond donors (Lipinski definition) is 1. The molecule has 1 aliphatic heterocycles. The minimum absolute atomic E-state index is 0.333. The van der Waals surface area contributed by atoms with Gasteiger partial charge in [-0.1, -0.05) is 29.2 Å². The third-order valence-corrected chi connectivity index (χ3v) is 6.00. The molecule has 1 atom stereocenters. The molecule has 0 saturated carbocycles. The largest absolute Gasteiger partial charge is 0.489 e. The van der Waals surface area contributed by atoms with Crippen LogP contribution in [0.15, 0.2) is 53.3 Å². The van der Waals surface area contributed by atoms with Crippen molar-refractivity contribution in [2.45, 2.75) is 17.2 Å². The fourth-order valence-corrected chi connectivity index (χ4v) is 4.15. The molecular weight excluding hydrogens is 382 g/mol. The monoisotopic (exact) mass is 397 g/mol. The second kappa shape index (κ2) is 6.75. The van der Waals surface area contributed by atoms with E-state index in [-0.39, 0.29) is 6.23 Å². The van der Waals surface area contributed by atoms with Crippen LogP contribution in [-0.4, -0.2) is 25.8 Å². The number of imidazole rings is 1. The summed E-state index contributed by atoms with van der Waals surface area (Å²) in [6.07, 6.45) is 7.11. The van der Waals surface area contributed by atoms with Gasteiger partial charge in [-0.15, -0.1) is 5.10 Å². The number of rotatable bonds is 5. The summed E-state index contributed by atoms with van der Waals surface area (Å²) in [4.78, 5) is 9.58. The van der Waals surface area contributed by atoms with Crippen LogP contribution < -0.4 is 14.8 Å². The third-order valence-electron chi connectivity index (χ3n) is 4.10. The summed E-state index contributed by atoms with van der Waals surface area (Å²) >= 11 is 3.18. The highest BCUT2D eigenvalue weighted by Crippen LogP contribution is 2.40. The topological polar surface area (TPSA) is 73.6 Å². The summed E-state index contributed by atoms with van der Waals surface area (Å²) in [5, 5.41) is 7.81. The Hall–Kier alpha value is -2.78. The van der Waals surface area contributed by atoms with Crippen LogP contribution in [0.2, 0.25) is 0 Å². The van der Waals surface area contributed by atoms with E-state index < -0.39 is 0 Å². The Bertz CT molecular complexity index is 1060. The molecule has 0 aliphatic carbocycles. The van der Waals surface area contributed by atoms with Gasteiger partial charge in [0.25, 0.3) is 0 Å². The van der Waals surface area contributed by atoms with Crippen molar-refractivity contribution in [3.63, 3.8) is 0 Å². The van der Waals surface area contributed by atoms with Gasteiger partial charge in [-0.3, -0.25) is 4.98 Å². The van der Waals surface area contributed by atoms with Crippen LogP contribution in [0, 0.1) is 0 Å². The number of fused-ring (bicyclic) bond motifs is 2. The number of ether oxygens (including phenoxy) is 2. The lowest BCUT2D eigenvalue weighted by Crippen LogP contribution is -2.10. The number of thioether (sulfide) groups is 1. The van der Waals surface area contributed by atoms with E-state index >= 15 is 0 Å². The lowest BCUT2D eigenvalue weighted by molar-refractivity contribution is 0.252. The zero-order valence-corrected chi connectivity index (χ0v) is 16.0. The molecule has 1 aromatic carbocycles. The van der Waals surface area contributed by atoms with Crippen molar-refractivity contribution in [3.05, 3.63) is 60.2 Å². The van der Waals surface area contributed by atoms with E-state index in [0.29, 0.717) is 6.61 Å². The second-order valence-corrected chi connectivity index (χ2v) is 7.92. The predicted molar refractivity (Wildman–Crippen MR) is 105 cm³/mol. The normalized spacial score (nSPS) is 15.4. The zero-order chi connectivity index (χ0) is 18.2. The maximum absolute atomic E-state index is 6.03. The first-order chi connectivity index (χ1) is 13.3. The summed E-state index contributed by atoms with van der Waals surface area (Å²) in [6, 6.07) is 9.64. The third kappa shape index (κ3) is 3.19. The van der Waals surface area contributed by atoms with Gasteiger partial charge < -0.3 is 14.8 Å². The van der Waals surface area contributed by atoms with Crippen LogP contribution in [0.3, 0.4) is 0 Å². The number of pyridine rings is 1. The molecule has 5 rings (SSSR count). The van der Waals surface area contributed by atoms with E-state index in [1.807, 2.05) is 42.8 Å². The maximum atomic E-state index is 6.03. The number of nitrogens with zero attached hydrogens (tertiary/aromatic N) is 4. The molecule has 3 aromatic heterocycles. The van der Waals surface area contributed by atoms with Crippen LogP contribution >= 0.6 is 23.1 Å². The van der Waals surface area contributed by atoms with Crippen LogP contribution in [0.5, 0.6) is 11.5 Å². The molecular formula is C18H15N5O2S2. The molecule has 0 bridgehead atoms. The Balaban J connectivity index is 1.30. The van der Waals surface area contributed by atoms with E-state index in [1.54, 1.807) is 40.0 Å². The minimum atomic E-state index is -0.333. The first-order valence-corrected chi connectivity index (χ1v) is 10.3. The summed E-state index contributed by atoms with van der Waals surface area (Å²) in [5.41, 5.74) is 2.74. The second-order valence-electron chi connectivity index (χ2n) is 5.92. The summed E-state index contributed by atoms with van der Waals surface area (Å²) in [6.45, 7) is 0.463. The molecule has 0 fully saturated rings. The fraction of sp³-hybridized carbons (Fsp3) is 0.167. The number of aromatic nitrogens is 4. The van der Waals surface area contributed by atoms with Crippen LogP contribution in [0.25, 0.3) is 4.96 Å². The van der Waals surface area contributed by atoms with E-state index in [9.17, 15) is 0 Å². The summed E-state index contributed by atoms with van der Waals surface area (Å²) < 4.78 is 14.7. The molecule has 0 saturated heterocycles. The highest BCUT2D eigenvalue weighted by atomic mass is 32.2. The Labute approximate surface area is 163 Å². The highest BCUT2D eigenvalue weighted by molar-refractivity contribution is 8.00. The Morgan fingerprint density at radius 1 is 1.37 bits per heavy atom. The lowest BCUT2D eigenvalue weighted by atomic mass is 10.2. The van der Waals surface area contributed by atoms with Gasteiger partial charge >= 0.3 is 0 Å². The molecule has 1 aliphatic rings. The van der Waals surface area contributed by atoms with Gasteiger partial charge in [0.2, 0.25) is 11.2 Å². The first kappa shape index (κ1) is 16.4. The maximum Gasteiger partial charge on any atom is 0.215 e. The van der Waals surface area contributed by atoms with Crippen LogP contribution in [0.4, 0.5) is 5.69 Å². The highest BCUT2D eigenvalue weighted by Gasteiger charge is 2.26. The fourth-order valence-electron chi connectivity index (χ4n) is 2.80. The van der Waals surface area contributed by atoms with Crippen molar-refractivity contribution in [1.29, 1.82) is 0 Å². The molecule has 1 unspecified atom stereocenters. The van der Waals surface area contributed by atoms with Gasteiger partial charge in [0.05, 0.1) is 11.9 Å². The molecule has 4 aromatic rings. The molecule has 27 heavy (non-hydrogen) atoms. The van der Waals surface area contributed by atoms with Crippen molar-refractivity contribution >= 4 is 33.7 Å². The Morgan fingerprint density at radius 2 is 2.33 bits per heavy atom. The molecule has 0 spiro atoms. The Kier molecular flexibility index (Phi) is 4.10. The van der Waals surface area contributed by atoms with Crippen LogP contribution in [-0.2, 0) is 6.61 Å². The average Bonchev–Trinajstić information content (AvgIpc) is 3.38. The number of nitrogens with one attached hydrogen (secondary N) is 1. The van der Waals surface area contributed by atoms with Gasteiger partial charge in [0, 0.05) is 24.0 Å². The predicted octanol–water partition coefficient (Wildman–Crippen LogP) is 3.99. The number of anilines is 1. The zero-order valence-electron chi connectivity index (χ0n) is 14.3. The van der Waals surface area contributed by atoms with Gasteiger partial charge in [0.15, 0.2) is 4.34 Å². The molecule has 0 radical (unpaired) electrons. The van der Waals surface area contributed by atoms with Crippen molar-refractivity contribution in [3.8, 4) is 11.5 Å². The molecule has 1 N–H and O–H groups in total. The van der Waals surface area contributed by atoms with Gasteiger partial charge in [-0.2, -0.15) is 0 Å². The first-order valence-electron chi connectivity index (χ1n) is 8.27. The van der Waals surface area contributed by atoms with E-state index in [2.05, 4.69) is 20.4 Å². The molecule has 9 heteroatoms. The number of hydrogen-bond acceptors (Lipinski definition) is 8. The SMILES string of the molecule is CSc1nn2cc(C3Nc4ccc(OCc5cccnc5)cc4O3)nc2s1. The summed E-state index contributed by atoms with van der Waals surface area (Å²) in [7, 11) is 0. The smallest absolute Gasteiger partial charge is 0.215 e.